The van der Waals surface area contributed by atoms with Crippen molar-refractivity contribution in [1.29, 1.82) is 0 Å². The Morgan fingerprint density at radius 3 is 2.31 bits per heavy atom. The van der Waals surface area contributed by atoms with Crippen molar-refractivity contribution < 1.29 is 17.9 Å². The van der Waals surface area contributed by atoms with E-state index in [0.717, 1.165) is 32.7 Å². The molecule has 0 unspecified atom stereocenters. The Labute approximate surface area is 172 Å². The first-order chi connectivity index (χ1) is 13.9. The number of carbonyl (C=O) groups excluding carboxylic acids is 1. The number of ether oxygens (including phenoxy) is 1. The van der Waals surface area contributed by atoms with E-state index in [0.29, 0.717) is 25.2 Å². The van der Waals surface area contributed by atoms with E-state index in [9.17, 15) is 13.2 Å². The molecule has 0 saturated carbocycles. The molecule has 156 valence electrons. The molecule has 1 aliphatic heterocycles. The lowest BCUT2D eigenvalue weighted by Gasteiger charge is -2.34. The SMILES string of the molecule is CS(=O)(=O)c1ccc(OCCCC(=O)N2CCN(Cc3ccncc3)CC2)cc1. The first kappa shape index (κ1) is 21.3. The Bertz CT molecular complexity index is 893. The second-order valence-electron chi connectivity index (χ2n) is 7.21. The van der Waals surface area contributed by atoms with E-state index >= 15 is 0 Å². The van der Waals surface area contributed by atoms with Crippen LogP contribution in [-0.4, -0.2) is 68.2 Å². The monoisotopic (exact) mass is 417 g/mol. The zero-order valence-corrected chi connectivity index (χ0v) is 17.5. The van der Waals surface area contributed by atoms with Gasteiger partial charge in [-0.05, 0) is 48.4 Å². The maximum Gasteiger partial charge on any atom is 0.222 e. The van der Waals surface area contributed by atoms with Crippen molar-refractivity contribution in [3.63, 3.8) is 0 Å². The molecule has 1 aliphatic rings. The molecule has 1 fully saturated rings. The lowest BCUT2D eigenvalue weighted by molar-refractivity contribution is -0.133. The summed E-state index contributed by atoms with van der Waals surface area (Å²) in [6.07, 6.45) is 5.86. The van der Waals surface area contributed by atoms with Crippen molar-refractivity contribution in [2.45, 2.75) is 24.3 Å². The Morgan fingerprint density at radius 1 is 1.03 bits per heavy atom. The van der Waals surface area contributed by atoms with Crippen LogP contribution < -0.4 is 4.74 Å². The van der Waals surface area contributed by atoms with Gasteiger partial charge in [0.15, 0.2) is 9.84 Å². The van der Waals surface area contributed by atoms with Crippen LogP contribution in [0.5, 0.6) is 5.75 Å². The highest BCUT2D eigenvalue weighted by Crippen LogP contribution is 2.16. The maximum atomic E-state index is 12.4. The number of hydrogen-bond acceptors (Lipinski definition) is 6. The van der Waals surface area contributed by atoms with Crippen molar-refractivity contribution in [2.24, 2.45) is 0 Å². The van der Waals surface area contributed by atoms with Gasteiger partial charge in [-0.3, -0.25) is 14.7 Å². The molecular weight excluding hydrogens is 390 g/mol. The molecule has 7 nitrogen and oxygen atoms in total. The molecule has 1 aromatic heterocycles. The number of rotatable bonds is 8. The average molecular weight is 418 g/mol. The van der Waals surface area contributed by atoms with Gasteiger partial charge in [-0.1, -0.05) is 0 Å². The highest BCUT2D eigenvalue weighted by Gasteiger charge is 2.20. The van der Waals surface area contributed by atoms with E-state index in [-0.39, 0.29) is 10.8 Å². The van der Waals surface area contributed by atoms with Crippen LogP contribution in [0.2, 0.25) is 0 Å². The third-order valence-corrected chi connectivity index (χ3v) is 6.06. The fraction of sp³-hybridized carbons (Fsp3) is 0.429. The van der Waals surface area contributed by atoms with Crippen LogP contribution >= 0.6 is 0 Å². The Balaban J connectivity index is 1.34. The molecule has 3 rings (SSSR count). The number of benzene rings is 1. The van der Waals surface area contributed by atoms with Crippen LogP contribution in [0.4, 0.5) is 0 Å². The summed E-state index contributed by atoms with van der Waals surface area (Å²) in [5, 5.41) is 0. The molecule has 8 heteroatoms. The summed E-state index contributed by atoms with van der Waals surface area (Å²) in [5.41, 5.74) is 1.24. The minimum absolute atomic E-state index is 0.157. The van der Waals surface area contributed by atoms with Gasteiger partial charge in [-0.15, -0.1) is 0 Å². The number of sulfone groups is 1. The molecule has 0 aliphatic carbocycles. The normalized spacial score (nSPS) is 15.3. The van der Waals surface area contributed by atoms with E-state index in [1.807, 2.05) is 17.0 Å². The maximum absolute atomic E-state index is 12.4. The average Bonchev–Trinajstić information content (AvgIpc) is 2.72. The Kier molecular flexibility index (Phi) is 7.22. The zero-order chi connectivity index (χ0) is 20.7. The Morgan fingerprint density at radius 2 is 1.69 bits per heavy atom. The lowest BCUT2D eigenvalue weighted by atomic mass is 10.2. The third kappa shape index (κ3) is 6.54. The van der Waals surface area contributed by atoms with Crippen LogP contribution in [0.25, 0.3) is 0 Å². The predicted molar refractivity (Wildman–Crippen MR) is 110 cm³/mol. The number of amides is 1. The molecule has 2 aromatic rings. The molecule has 1 aromatic carbocycles. The van der Waals surface area contributed by atoms with Crippen molar-refractivity contribution in [3.8, 4) is 5.75 Å². The van der Waals surface area contributed by atoms with Crippen molar-refractivity contribution >= 4 is 15.7 Å². The second-order valence-corrected chi connectivity index (χ2v) is 9.22. The topological polar surface area (TPSA) is 79.8 Å². The first-order valence-electron chi connectivity index (χ1n) is 9.74. The number of carbonyl (C=O) groups is 1. The molecule has 0 spiro atoms. The van der Waals surface area contributed by atoms with Gasteiger partial charge in [0.25, 0.3) is 0 Å². The van der Waals surface area contributed by atoms with Gasteiger partial charge in [0, 0.05) is 57.8 Å². The molecule has 29 heavy (non-hydrogen) atoms. The number of nitrogens with zero attached hydrogens (tertiary/aromatic N) is 3. The van der Waals surface area contributed by atoms with E-state index < -0.39 is 9.84 Å². The number of pyridine rings is 1. The summed E-state index contributed by atoms with van der Waals surface area (Å²) >= 11 is 0. The quantitative estimate of drug-likeness (QED) is 0.611. The van der Waals surface area contributed by atoms with E-state index in [2.05, 4.69) is 9.88 Å². The predicted octanol–water partition coefficient (Wildman–Crippen LogP) is 1.99. The summed E-state index contributed by atoms with van der Waals surface area (Å²) in [6.45, 7) is 4.55. The molecule has 1 saturated heterocycles. The first-order valence-corrected chi connectivity index (χ1v) is 11.6. The summed E-state index contributed by atoms with van der Waals surface area (Å²) in [7, 11) is -3.20. The molecular formula is C21H27N3O4S. The van der Waals surface area contributed by atoms with Gasteiger partial charge in [-0.2, -0.15) is 0 Å². The smallest absolute Gasteiger partial charge is 0.222 e. The summed E-state index contributed by atoms with van der Waals surface area (Å²) in [4.78, 5) is 21.0. The third-order valence-electron chi connectivity index (χ3n) is 4.94. The largest absolute Gasteiger partial charge is 0.494 e. The van der Waals surface area contributed by atoms with Crippen LogP contribution in [0, 0.1) is 0 Å². The molecule has 0 bridgehead atoms. The van der Waals surface area contributed by atoms with E-state index in [1.165, 1.54) is 24.0 Å². The van der Waals surface area contributed by atoms with Crippen molar-refractivity contribution in [1.82, 2.24) is 14.8 Å². The van der Waals surface area contributed by atoms with Crippen LogP contribution in [0.3, 0.4) is 0 Å². The van der Waals surface area contributed by atoms with E-state index in [1.54, 1.807) is 24.5 Å². The highest BCUT2D eigenvalue weighted by molar-refractivity contribution is 7.90. The summed E-state index contributed by atoms with van der Waals surface area (Å²) in [6, 6.07) is 10.4. The van der Waals surface area contributed by atoms with Gasteiger partial charge in [0.1, 0.15) is 5.75 Å². The van der Waals surface area contributed by atoms with Gasteiger partial charge in [0.05, 0.1) is 11.5 Å². The van der Waals surface area contributed by atoms with Gasteiger partial charge >= 0.3 is 0 Å². The molecule has 0 atom stereocenters. The number of piperazine rings is 1. The number of hydrogen-bond donors (Lipinski definition) is 0. The van der Waals surface area contributed by atoms with Gasteiger partial charge in [0.2, 0.25) is 5.91 Å². The minimum Gasteiger partial charge on any atom is -0.494 e. The van der Waals surface area contributed by atoms with Crippen LogP contribution in [0.15, 0.2) is 53.7 Å². The molecule has 2 heterocycles. The van der Waals surface area contributed by atoms with Crippen molar-refractivity contribution in [2.75, 3.05) is 39.0 Å². The molecule has 0 radical (unpaired) electrons. The number of aromatic nitrogens is 1. The van der Waals surface area contributed by atoms with Gasteiger partial charge < -0.3 is 9.64 Å². The fourth-order valence-corrected chi connectivity index (χ4v) is 3.89. The Hall–Kier alpha value is -2.45. The van der Waals surface area contributed by atoms with E-state index in [4.69, 9.17) is 4.74 Å². The molecule has 1 amide bonds. The van der Waals surface area contributed by atoms with Crippen LogP contribution in [0.1, 0.15) is 18.4 Å². The second kappa shape index (κ2) is 9.84. The zero-order valence-electron chi connectivity index (χ0n) is 16.7. The van der Waals surface area contributed by atoms with Crippen molar-refractivity contribution in [3.05, 3.63) is 54.4 Å². The molecule has 0 N–H and O–H groups in total. The highest BCUT2D eigenvalue weighted by atomic mass is 32.2. The van der Waals surface area contributed by atoms with Gasteiger partial charge in [-0.25, -0.2) is 8.42 Å². The summed E-state index contributed by atoms with van der Waals surface area (Å²) < 4.78 is 28.5. The van der Waals surface area contributed by atoms with Crippen LogP contribution in [-0.2, 0) is 21.2 Å². The fourth-order valence-electron chi connectivity index (χ4n) is 3.26. The minimum atomic E-state index is -3.20. The summed E-state index contributed by atoms with van der Waals surface area (Å²) in [5.74, 6) is 0.763. The lowest BCUT2D eigenvalue weighted by Crippen LogP contribution is -2.48. The standard InChI is InChI=1S/C21H27N3O4S/c1-29(26,27)20-6-4-19(5-7-20)28-16-2-3-21(25)24-14-12-23(13-15-24)17-18-8-10-22-11-9-18/h4-11H,2-3,12-17H2,1H3.